The van der Waals surface area contributed by atoms with Crippen LogP contribution in [0.3, 0.4) is 0 Å². The number of fused-ring (bicyclic) bond motifs is 16. The molecule has 82 heavy (non-hydrogen) atoms. The number of halogens is 2. The van der Waals surface area contributed by atoms with Gasteiger partial charge < -0.3 is 39.4 Å². The number of aryl methyl sites for hydroxylation is 2. The predicted molar refractivity (Wildman–Crippen MR) is 320 cm³/mol. The first kappa shape index (κ1) is 69.6. The third kappa shape index (κ3) is 9.13. The summed E-state index contributed by atoms with van der Waals surface area (Å²) in [6.07, 6.45) is 15.9. The molecule has 10 aliphatic rings. The van der Waals surface area contributed by atoms with Gasteiger partial charge in [-0.3, -0.25) is 19.0 Å². The Bertz CT molecular complexity index is 2720. The second kappa shape index (κ2) is 23.1. The fourth-order valence-corrected chi connectivity index (χ4v) is 19.0. The monoisotopic (exact) mass is 1160 g/mol. The van der Waals surface area contributed by atoms with Gasteiger partial charge in [-0.05, 0) is 140 Å². The van der Waals surface area contributed by atoms with E-state index < -0.39 is 117 Å². The van der Waals surface area contributed by atoms with Crippen LogP contribution in [-0.4, -0.2) is 123 Å². The van der Waals surface area contributed by atoms with Gasteiger partial charge in [-0.25, -0.2) is 8.78 Å². The topological polar surface area (TPSA) is 188 Å². The number of rotatable bonds is 12. The Balaban J connectivity index is 0.000000280. The van der Waals surface area contributed by atoms with Crippen molar-refractivity contribution in [3.05, 3.63) is 46.1 Å². The number of unbranched alkanes of at least 4 members (excludes halogenated alkanes) is 4. The Labute approximate surface area is 491 Å². The van der Waals surface area contributed by atoms with E-state index in [9.17, 15) is 30.0 Å². The first-order valence-electron chi connectivity index (χ1n) is 29.1. The molecule has 0 radical (unpaired) electrons. The van der Waals surface area contributed by atoms with Gasteiger partial charge in [0, 0.05) is 52.8 Å². The lowest BCUT2D eigenvalue weighted by molar-refractivity contribution is -0.250. The van der Waals surface area contributed by atoms with E-state index in [1.54, 1.807) is 27.7 Å². The van der Waals surface area contributed by atoms with Crippen molar-refractivity contribution in [2.75, 3.05) is 13.2 Å². The molecular formula is C66H110F2N4O10. The largest absolute Gasteiger partial charge is 0.390 e. The van der Waals surface area contributed by atoms with Crippen molar-refractivity contribution in [3.63, 3.8) is 0 Å². The average Bonchev–Trinajstić information content (AvgIpc) is 3.14. The van der Waals surface area contributed by atoms with Crippen molar-refractivity contribution >= 4 is 23.7 Å². The maximum atomic E-state index is 17.9. The van der Waals surface area contributed by atoms with Gasteiger partial charge in [-0.1, -0.05) is 123 Å². The van der Waals surface area contributed by atoms with Gasteiger partial charge in [0.1, 0.15) is 24.6 Å². The smallest absolute Gasteiger partial charge is 0.193 e. The third-order valence-corrected chi connectivity index (χ3v) is 22.3. The molecule has 14 nitrogen and oxygen atoms in total. The van der Waals surface area contributed by atoms with E-state index in [1.807, 2.05) is 38.6 Å². The molecule has 16 heteroatoms. The Morgan fingerprint density at radius 3 is 1.52 bits per heavy atom. The highest BCUT2D eigenvalue weighted by Crippen LogP contribution is 2.75. The molecule has 2 saturated heterocycles. The molecule has 4 N–H and O–H groups in total. The summed E-state index contributed by atoms with van der Waals surface area (Å²) in [5.41, 5.74) is -3.79. The van der Waals surface area contributed by atoms with E-state index in [0.29, 0.717) is 38.5 Å². The van der Waals surface area contributed by atoms with Crippen LogP contribution in [0.5, 0.6) is 0 Å². The van der Waals surface area contributed by atoms with Gasteiger partial charge in [0.05, 0.1) is 42.0 Å². The van der Waals surface area contributed by atoms with Crippen molar-refractivity contribution in [1.82, 2.24) is 19.6 Å². The Morgan fingerprint density at radius 2 is 1.07 bits per heavy atom. The number of aliphatic hydroxyl groups excluding tert-OH is 4. The molecular weight excluding hydrogens is 1050 g/mol. The van der Waals surface area contributed by atoms with Gasteiger partial charge in [0.15, 0.2) is 34.3 Å². The lowest BCUT2D eigenvalue weighted by atomic mass is 9.43. The van der Waals surface area contributed by atoms with Crippen LogP contribution in [0.4, 0.5) is 8.78 Å². The molecule has 0 unspecified atom stereocenters. The van der Waals surface area contributed by atoms with Crippen LogP contribution in [0.15, 0.2) is 23.5 Å². The predicted octanol–water partition coefficient (Wildman–Crippen LogP) is 12.6. The zero-order valence-electron chi connectivity index (χ0n) is 46.9. The van der Waals surface area contributed by atoms with Gasteiger partial charge in [-0.15, -0.1) is 0 Å². The number of ketones is 2. The third-order valence-electron chi connectivity index (χ3n) is 22.3. The fraction of sp³-hybridized carbons (Fsp3) is 0.818. The van der Waals surface area contributed by atoms with E-state index in [0.717, 1.165) is 98.1 Å². The van der Waals surface area contributed by atoms with Crippen LogP contribution in [0.25, 0.3) is 12.2 Å². The summed E-state index contributed by atoms with van der Waals surface area (Å²) < 4.78 is 65.1. The molecule has 0 bridgehead atoms. The standard InChI is InChI=1S/2C30H43FN2O5.6CH4/c1-6-7-8-11-33-16-18-14-27(4)19(12-22(18)32-33)9-10-20-21-13-25-30(24(36)17-34,38-26(2,3)37-25)28(21,5)15-23(35)29(20,27)31;1-6-7-8-11-33-22-12-19-9-10-20-21-13-25-30(24(36)17-34,38-26(2,3)37-25)28(21,5)15-23(35)29(20,31)27(19,4)14-18(22)16-32-33;;;;;;/h2*12,16,20-21,23,25,34-35H,6-11,13-15,17H2,1-5H3;6*1H4/t2*20-,21-,23-,25+,27-,28-,29-,30+;;;;;;/m00....../s1. The summed E-state index contributed by atoms with van der Waals surface area (Å²) >= 11 is 0. The van der Waals surface area contributed by atoms with Crippen molar-refractivity contribution in [3.8, 4) is 0 Å². The summed E-state index contributed by atoms with van der Waals surface area (Å²) in [5.74, 6) is -4.20. The van der Waals surface area contributed by atoms with Gasteiger partial charge >= 0.3 is 0 Å². The number of alkyl halides is 2. The van der Waals surface area contributed by atoms with E-state index in [4.69, 9.17) is 24.0 Å². The minimum Gasteiger partial charge on any atom is -0.390 e. The van der Waals surface area contributed by atoms with Crippen molar-refractivity contribution in [2.45, 2.75) is 288 Å². The molecule has 4 heterocycles. The van der Waals surface area contributed by atoms with Crippen LogP contribution in [0, 0.1) is 45.3 Å². The van der Waals surface area contributed by atoms with Crippen LogP contribution in [0.2, 0.25) is 0 Å². The quantitative estimate of drug-likeness (QED) is 0.148. The summed E-state index contributed by atoms with van der Waals surface area (Å²) in [6.45, 7) is 19.7. The molecule has 468 valence electrons. The van der Waals surface area contributed by atoms with Crippen molar-refractivity contribution < 1.29 is 57.7 Å². The molecule has 6 saturated carbocycles. The number of carbonyl (C=O) groups is 2. The number of aromatic nitrogens is 4. The molecule has 2 aromatic rings. The SMILES string of the molecule is C.C.C.C.C.C.CCCCCn1cc2c(n1)C=C1CC[C@H]3[C@@H]4C[C@H]5OC(C)(C)O[C@@]5(C(=O)CO)[C@@]4(C)C[C@H](O)[C@]3(F)[C@@]1(C)C2.CCCCCn1ncc2c1C=C1CC[C@H]3[C@@H]4C[C@H]5OC(C)(C)O[C@@]5(C(=O)CO)[C@@]4(C)C[C@H](O)[C@]3(F)[C@@]1(C)C2. The lowest BCUT2D eigenvalue weighted by Crippen LogP contribution is -2.70. The van der Waals surface area contributed by atoms with Crippen LogP contribution >= 0.6 is 0 Å². The molecule has 2 aliphatic heterocycles. The second-order valence-corrected chi connectivity index (χ2v) is 27.0. The normalized spacial score (nSPS) is 41.2. The maximum absolute atomic E-state index is 17.9. The zero-order chi connectivity index (χ0) is 54.6. The first-order valence-corrected chi connectivity index (χ1v) is 29.1. The number of ether oxygens (including phenoxy) is 4. The number of hydrogen-bond donors (Lipinski definition) is 4. The van der Waals surface area contributed by atoms with E-state index in [2.05, 4.69) is 42.0 Å². The molecule has 8 fully saturated rings. The van der Waals surface area contributed by atoms with E-state index in [-0.39, 0.29) is 69.2 Å². The summed E-state index contributed by atoms with van der Waals surface area (Å²) in [7, 11) is 0. The van der Waals surface area contributed by atoms with Crippen molar-refractivity contribution in [2.24, 2.45) is 45.3 Å². The molecule has 16 atom stereocenters. The fourth-order valence-electron chi connectivity index (χ4n) is 19.0. The Morgan fingerprint density at radius 1 is 0.634 bits per heavy atom. The van der Waals surface area contributed by atoms with E-state index >= 15 is 8.78 Å². The molecule has 12 rings (SSSR count). The van der Waals surface area contributed by atoms with Gasteiger partial charge in [0.25, 0.3) is 0 Å². The number of aliphatic hydroxyl groups is 4. The van der Waals surface area contributed by atoms with E-state index in [1.165, 1.54) is 0 Å². The summed E-state index contributed by atoms with van der Waals surface area (Å²) in [4.78, 5) is 26.8. The highest BCUT2D eigenvalue weighted by molar-refractivity contribution is 5.92. The molecule has 2 aromatic heterocycles. The zero-order valence-corrected chi connectivity index (χ0v) is 46.9. The number of hydrogen-bond acceptors (Lipinski definition) is 12. The molecule has 0 aromatic carbocycles. The minimum absolute atomic E-state index is 0. The Kier molecular flexibility index (Phi) is 19.6. The molecule has 0 spiro atoms. The first-order chi connectivity index (χ1) is 35.7. The maximum Gasteiger partial charge on any atom is 0.193 e. The Hall–Kier alpha value is -3.22. The lowest BCUT2D eigenvalue weighted by Gasteiger charge is -2.63. The number of Topliss-reactive ketones (excluding diaryl/α,β-unsaturated/α-hetero) is 2. The van der Waals surface area contributed by atoms with Crippen LogP contribution in [0.1, 0.15) is 226 Å². The number of allylic oxidation sites excluding steroid dienone is 2. The second-order valence-electron chi connectivity index (χ2n) is 27.0. The average molecular weight is 1160 g/mol. The highest BCUT2D eigenvalue weighted by atomic mass is 19.1. The van der Waals surface area contributed by atoms with Crippen molar-refractivity contribution in [1.29, 1.82) is 0 Å². The number of nitrogens with zero attached hydrogens (tertiary/aromatic N) is 4. The summed E-state index contributed by atoms with van der Waals surface area (Å²) in [6, 6.07) is 0. The molecule has 0 amide bonds. The van der Waals surface area contributed by atoms with Gasteiger partial charge in [-0.2, -0.15) is 10.2 Å². The van der Waals surface area contributed by atoms with Crippen LogP contribution in [-0.2, 0) is 54.5 Å². The number of carbonyl (C=O) groups excluding carboxylic acids is 2. The molecule has 8 aliphatic carbocycles. The highest BCUT2D eigenvalue weighted by Gasteiger charge is 2.82. The minimum atomic E-state index is -1.86. The van der Waals surface area contributed by atoms with Crippen LogP contribution < -0.4 is 0 Å². The van der Waals surface area contributed by atoms with Gasteiger partial charge in [0.2, 0.25) is 0 Å². The summed E-state index contributed by atoms with van der Waals surface area (Å²) in [5, 5.41) is 53.0.